The molecule has 0 atom stereocenters. The number of pyridine rings is 1. The van der Waals surface area contributed by atoms with E-state index in [0.717, 1.165) is 11.2 Å². The Hall–Kier alpha value is -2.82. The molecule has 5 heteroatoms. The zero-order chi connectivity index (χ0) is 14.8. The Bertz CT molecular complexity index is 808. The summed E-state index contributed by atoms with van der Waals surface area (Å²) in [6.07, 6.45) is 3.65. The lowest BCUT2D eigenvalue weighted by molar-refractivity contribution is 0.102. The molecule has 0 aliphatic carbocycles. The molecular formula is C16H15N3O2. The van der Waals surface area contributed by atoms with E-state index in [0.29, 0.717) is 17.1 Å². The number of para-hydroxylation sites is 2. The minimum absolute atomic E-state index is 0.263. The van der Waals surface area contributed by atoms with Gasteiger partial charge in [-0.15, -0.1) is 0 Å². The van der Waals surface area contributed by atoms with E-state index < -0.39 is 0 Å². The van der Waals surface area contributed by atoms with E-state index in [2.05, 4.69) is 10.3 Å². The lowest BCUT2D eigenvalue weighted by Gasteiger charge is -2.08. The normalized spacial score (nSPS) is 10.6. The van der Waals surface area contributed by atoms with Crippen molar-refractivity contribution in [2.24, 2.45) is 0 Å². The summed E-state index contributed by atoms with van der Waals surface area (Å²) in [5.41, 5.74) is 2.84. The molecule has 1 N–H and O–H groups in total. The molecule has 21 heavy (non-hydrogen) atoms. The average molecular weight is 281 g/mol. The molecule has 0 spiro atoms. The van der Waals surface area contributed by atoms with Crippen LogP contribution in [0.4, 0.5) is 5.69 Å². The van der Waals surface area contributed by atoms with Crippen LogP contribution in [-0.4, -0.2) is 22.4 Å². The predicted octanol–water partition coefficient (Wildman–Crippen LogP) is 2.90. The molecule has 2 heterocycles. The van der Waals surface area contributed by atoms with Crippen LogP contribution in [0.3, 0.4) is 0 Å². The van der Waals surface area contributed by atoms with Gasteiger partial charge in [-0.25, -0.2) is 4.98 Å². The van der Waals surface area contributed by atoms with Gasteiger partial charge in [0.05, 0.1) is 12.8 Å². The molecule has 3 rings (SSSR count). The highest BCUT2D eigenvalue weighted by molar-refractivity contribution is 6.04. The van der Waals surface area contributed by atoms with E-state index in [9.17, 15) is 4.79 Å². The zero-order valence-corrected chi connectivity index (χ0v) is 11.8. The third kappa shape index (κ3) is 2.58. The topological polar surface area (TPSA) is 55.6 Å². The van der Waals surface area contributed by atoms with Gasteiger partial charge in [0.1, 0.15) is 17.1 Å². The van der Waals surface area contributed by atoms with Crippen LogP contribution >= 0.6 is 0 Å². The Labute approximate surface area is 122 Å². The molecule has 0 unspecified atom stereocenters. The van der Waals surface area contributed by atoms with Crippen molar-refractivity contribution in [2.75, 3.05) is 12.4 Å². The Morgan fingerprint density at radius 1 is 1.19 bits per heavy atom. The lowest BCUT2D eigenvalue weighted by atomic mass is 10.3. The van der Waals surface area contributed by atoms with Crippen LogP contribution in [0.25, 0.3) is 5.65 Å². The van der Waals surface area contributed by atoms with E-state index in [4.69, 9.17) is 4.74 Å². The maximum Gasteiger partial charge on any atom is 0.275 e. The molecule has 1 aromatic carbocycles. The van der Waals surface area contributed by atoms with E-state index in [1.54, 1.807) is 25.4 Å². The highest BCUT2D eigenvalue weighted by Crippen LogP contribution is 2.23. The smallest absolute Gasteiger partial charge is 0.275 e. The molecule has 2 aromatic heterocycles. The summed E-state index contributed by atoms with van der Waals surface area (Å²) in [6.45, 7) is 1.99. The standard InChI is InChI=1S/C16H15N3O2/c1-11-7-8-15-17-13(10-19(15)9-11)16(20)18-12-5-3-4-6-14(12)21-2/h3-10H,1-2H3,(H,18,20). The molecular weight excluding hydrogens is 266 g/mol. The number of hydrogen-bond acceptors (Lipinski definition) is 3. The van der Waals surface area contributed by atoms with Crippen molar-refractivity contribution in [1.29, 1.82) is 0 Å². The van der Waals surface area contributed by atoms with E-state index in [1.807, 2.05) is 41.8 Å². The summed E-state index contributed by atoms with van der Waals surface area (Å²) < 4.78 is 7.06. The van der Waals surface area contributed by atoms with Gasteiger partial charge in [-0.05, 0) is 30.7 Å². The molecule has 0 aliphatic heterocycles. The van der Waals surface area contributed by atoms with Crippen molar-refractivity contribution in [1.82, 2.24) is 9.38 Å². The van der Waals surface area contributed by atoms with Crippen molar-refractivity contribution in [2.45, 2.75) is 6.92 Å². The molecule has 0 fully saturated rings. The minimum atomic E-state index is -0.263. The number of ether oxygens (including phenoxy) is 1. The summed E-state index contributed by atoms with van der Waals surface area (Å²) in [5.74, 6) is 0.353. The van der Waals surface area contributed by atoms with Crippen LogP contribution in [0.5, 0.6) is 5.75 Å². The summed E-state index contributed by atoms with van der Waals surface area (Å²) >= 11 is 0. The van der Waals surface area contributed by atoms with Gasteiger partial charge in [0, 0.05) is 12.4 Å². The van der Waals surface area contributed by atoms with Gasteiger partial charge >= 0.3 is 0 Å². The minimum Gasteiger partial charge on any atom is -0.495 e. The molecule has 3 aromatic rings. The van der Waals surface area contributed by atoms with Crippen molar-refractivity contribution in [3.8, 4) is 5.75 Å². The number of carbonyl (C=O) groups is 1. The van der Waals surface area contributed by atoms with Gasteiger partial charge in [0.25, 0.3) is 5.91 Å². The van der Waals surface area contributed by atoms with Crippen LogP contribution in [-0.2, 0) is 0 Å². The van der Waals surface area contributed by atoms with Crippen LogP contribution in [0, 0.1) is 6.92 Å². The number of rotatable bonds is 3. The second-order valence-corrected chi connectivity index (χ2v) is 4.75. The highest BCUT2D eigenvalue weighted by atomic mass is 16.5. The molecule has 0 radical (unpaired) electrons. The number of anilines is 1. The highest BCUT2D eigenvalue weighted by Gasteiger charge is 2.13. The molecule has 0 saturated heterocycles. The molecule has 0 bridgehead atoms. The van der Waals surface area contributed by atoms with Gasteiger partial charge in [-0.2, -0.15) is 0 Å². The Morgan fingerprint density at radius 3 is 2.81 bits per heavy atom. The first-order chi connectivity index (χ1) is 10.2. The largest absolute Gasteiger partial charge is 0.495 e. The van der Waals surface area contributed by atoms with Crippen LogP contribution < -0.4 is 10.1 Å². The first kappa shape index (κ1) is 13.2. The SMILES string of the molecule is COc1ccccc1NC(=O)c1cn2cc(C)ccc2n1. The van der Waals surface area contributed by atoms with Gasteiger partial charge in [0.2, 0.25) is 0 Å². The summed E-state index contributed by atoms with van der Waals surface area (Å²) in [4.78, 5) is 16.6. The number of benzene rings is 1. The van der Waals surface area contributed by atoms with Crippen LogP contribution in [0.2, 0.25) is 0 Å². The van der Waals surface area contributed by atoms with Crippen molar-refractivity contribution < 1.29 is 9.53 Å². The molecule has 106 valence electrons. The third-order valence-corrected chi connectivity index (χ3v) is 3.19. The first-order valence-electron chi connectivity index (χ1n) is 6.57. The van der Waals surface area contributed by atoms with Crippen molar-refractivity contribution >= 4 is 17.2 Å². The fourth-order valence-corrected chi connectivity index (χ4v) is 2.15. The van der Waals surface area contributed by atoms with Crippen molar-refractivity contribution in [3.05, 3.63) is 60.0 Å². The number of methoxy groups -OCH3 is 1. The monoisotopic (exact) mass is 281 g/mol. The number of hydrogen-bond donors (Lipinski definition) is 1. The number of nitrogens with zero attached hydrogens (tertiary/aromatic N) is 2. The molecule has 0 aliphatic rings. The third-order valence-electron chi connectivity index (χ3n) is 3.19. The molecule has 0 saturated carbocycles. The van der Waals surface area contributed by atoms with Gasteiger partial charge < -0.3 is 14.5 Å². The van der Waals surface area contributed by atoms with Gasteiger partial charge in [-0.1, -0.05) is 18.2 Å². The van der Waals surface area contributed by atoms with E-state index in [-0.39, 0.29) is 5.91 Å². The molecule has 1 amide bonds. The summed E-state index contributed by atoms with van der Waals surface area (Å²) in [5, 5.41) is 2.81. The van der Waals surface area contributed by atoms with Crippen molar-refractivity contribution in [3.63, 3.8) is 0 Å². The number of nitrogens with one attached hydrogen (secondary N) is 1. The lowest BCUT2D eigenvalue weighted by Crippen LogP contribution is -2.12. The van der Waals surface area contributed by atoms with Crippen LogP contribution in [0.1, 0.15) is 16.1 Å². The zero-order valence-electron chi connectivity index (χ0n) is 11.8. The Balaban J connectivity index is 1.90. The average Bonchev–Trinajstić information content (AvgIpc) is 2.91. The fourth-order valence-electron chi connectivity index (χ4n) is 2.15. The number of aryl methyl sites for hydroxylation is 1. The van der Waals surface area contributed by atoms with Gasteiger partial charge in [0.15, 0.2) is 0 Å². The molecule has 5 nitrogen and oxygen atoms in total. The number of aromatic nitrogens is 2. The maximum atomic E-state index is 12.3. The van der Waals surface area contributed by atoms with Crippen LogP contribution in [0.15, 0.2) is 48.8 Å². The van der Waals surface area contributed by atoms with E-state index in [1.165, 1.54) is 0 Å². The first-order valence-corrected chi connectivity index (χ1v) is 6.57. The number of imidazole rings is 1. The van der Waals surface area contributed by atoms with E-state index >= 15 is 0 Å². The quantitative estimate of drug-likeness (QED) is 0.803. The number of fused-ring (bicyclic) bond motifs is 1. The number of carbonyl (C=O) groups excluding carboxylic acids is 1. The summed E-state index contributed by atoms with van der Waals surface area (Å²) in [7, 11) is 1.57. The second-order valence-electron chi connectivity index (χ2n) is 4.75. The maximum absolute atomic E-state index is 12.3. The Kier molecular flexibility index (Phi) is 3.31. The summed E-state index contributed by atoms with van der Waals surface area (Å²) in [6, 6.07) is 11.1. The predicted molar refractivity (Wildman–Crippen MR) is 80.9 cm³/mol. The Morgan fingerprint density at radius 2 is 2.00 bits per heavy atom. The second kappa shape index (κ2) is 5.28. The fraction of sp³-hybridized carbons (Fsp3) is 0.125. The van der Waals surface area contributed by atoms with Gasteiger partial charge in [-0.3, -0.25) is 4.79 Å². The number of amides is 1.